The molecule has 0 heterocycles. The van der Waals surface area contributed by atoms with Gasteiger partial charge in [-0.2, -0.15) is 0 Å². The summed E-state index contributed by atoms with van der Waals surface area (Å²) in [6, 6.07) is -0.427. The lowest BCUT2D eigenvalue weighted by atomic mass is 9.97. The van der Waals surface area contributed by atoms with Crippen LogP contribution in [0.15, 0.2) is 0 Å². The second kappa shape index (κ2) is 3.54. The van der Waals surface area contributed by atoms with Crippen molar-refractivity contribution in [1.29, 1.82) is 0 Å². The molecule has 0 amide bonds. The Bertz CT molecular complexity index is 231. The van der Waals surface area contributed by atoms with Crippen molar-refractivity contribution in [2.24, 2.45) is 11.7 Å². The van der Waals surface area contributed by atoms with Gasteiger partial charge in [0.15, 0.2) is 0 Å². The van der Waals surface area contributed by atoms with Crippen LogP contribution in [0.25, 0.3) is 0 Å². The number of esters is 1. The zero-order chi connectivity index (χ0) is 10.2. The van der Waals surface area contributed by atoms with Gasteiger partial charge in [-0.05, 0) is 44.4 Å². The molecular formula is C11H19NO2. The summed E-state index contributed by atoms with van der Waals surface area (Å²) in [4.78, 5) is 11.6. The fraction of sp³-hybridized carbons (Fsp3) is 0.909. The van der Waals surface area contributed by atoms with E-state index in [1.165, 1.54) is 12.8 Å². The molecule has 2 N–H and O–H groups in total. The molecule has 1 unspecified atom stereocenters. The van der Waals surface area contributed by atoms with E-state index in [2.05, 4.69) is 0 Å². The summed E-state index contributed by atoms with van der Waals surface area (Å²) in [5.74, 6) is 0.607. The number of ether oxygens (including phenoxy) is 1. The van der Waals surface area contributed by atoms with Gasteiger partial charge in [0.25, 0.3) is 0 Å². The molecule has 3 heteroatoms. The summed E-state index contributed by atoms with van der Waals surface area (Å²) in [5, 5.41) is 0. The quantitative estimate of drug-likeness (QED) is 0.699. The maximum Gasteiger partial charge on any atom is 0.323 e. The van der Waals surface area contributed by atoms with Gasteiger partial charge < -0.3 is 10.5 Å². The second-order valence-electron chi connectivity index (χ2n) is 4.77. The van der Waals surface area contributed by atoms with Crippen molar-refractivity contribution in [3.8, 4) is 0 Å². The van der Waals surface area contributed by atoms with Gasteiger partial charge >= 0.3 is 5.97 Å². The normalized spacial score (nSPS) is 37.1. The van der Waals surface area contributed by atoms with Crippen LogP contribution in [0.5, 0.6) is 0 Å². The Morgan fingerprint density at radius 1 is 1.57 bits per heavy atom. The lowest BCUT2D eigenvalue weighted by Gasteiger charge is -2.27. The highest BCUT2D eigenvalue weighted by Crippen LogP contribution is 2.50. The lowest BCUT2D eigenvalue weighted by molar-refractivity contribution is -0.160. The standard InChI is InChI=1S/C11H19NO2/c1-2-9(12)10(13)14-11-5-3-8(7-11)4-6-11/h8-9H,2-7,12H2,1H3. The molecule has 2 rings (SSSR count). The average molecular weight is 197 g/mol. The Labute approximate surface area is 85.0 Å². The first kappa shape index (κ1) is 9.97. The Balaban J connectivity index is 1.93. The number of carbonyl (C=O) groups is 1. The van der Waals surface area contributed by atoms with Crippen molar-refractivity contribution in [2.45, 2.75) is 57.1 Å². The van der Waals surface area contributed by atoms with Crippen molar-refractivity contribution in [3.63, 3.8) is 0 Å². The Hall–Kier alpha value is -0.570. The largest absolute Gasteiger partial charge is 0.458 e. The third-order valence-corrected chi connectivity index (χ3v) is 3.74. The first-order valence-corrected chi connectivity index (χ1v) is 5.64. The third kappa shape index (κ3) is 1.65. The maximum absolute atomic E-state index is 11.6. The zero-order valence-corrected chi connectivity index (χ0v) is 8.79. The minimum atomic E-state index is -0.427. The molecule has 2 fully saturated rings. The van der Waals surface area contributed by atoms with E-state index in [9.17, 15) is 4.79 Å². The van der Waals surface area contributed by atoms with Gasteiger partial charge in [0, 0.05) is 0 Å². The van der Waals surface area contributed by atoms with E-state index in [0.29, 0.717) is 6.42 Å². The fourth-order valence-electron chi connectivity index (χ4n) is 2.74. The SMILES string of the molecule is CCC(N)C(=O)OC12CCC(CC1)C2. The van der Waals surface area contributed by atoms with E-state index in [4.69, 9.17) is 10.5 Å². The van der Waals surface area contributed by atoms with Gasteiger partial charge in [0.1, 0.15) is 11.6 Å². The van der Waals surface area contributed by atoms with Crippen LogP contribution in [0, 0.1) is 5.92 Å². The summed E-state index contributed by atoms with van der Waals surface area (Å²) in [6.45, 7) is 1.91. The molecule has 0 aromatic carbocycles. The number of rotatable bonds is 3. The van der Waals surface area contributed by atoms with Crippen molar-refractivity contribution in [2.75, 3.05) is 0 Å². The fourth-order valence-corrected chi connectivity index (χ4v) is 2.74. The zero-order valence-electron chi connectivity index (χ0n) is 8.79. The first-order chi connectivity index (χ1) is 6.65. The number of hydrogen-bond donors (Lipinski definition) is 1. The Morgan fingerprint density at radius 3 is 2.64 bits per heavy atom. The molecule has 14 heavy (non-hydrogen) atoms. The smallest absolute Gasteiger partial charge is 0.323 e. The molecule has 80 valence electrons. The highest BCUT2D eigenvalue weighted by molar-refractivity contribution is 5.75. The van der Waals surface area contributed by atoms with Gasteiger partial charge in [-0.25, -0.2) is 0 Å². The third-order valence-electron chi connectivity index (χ3n) is 3.74. The van der Waals surface area contributed by atoms with E-state index >= 15 is 0 Å². The Kier molecular flexibility index (Phi) is 2.52. The van der Waals surface area contributed by atoms with Gasteiger partial charge in [-0.3, -0.25) is 4.79 Å². The van der Waals surface area contributed by atoms with Crippen LogP contribution in [-0.2, 0) is 9.53 Å². The lowest BCUT2D eigenvalue weighted by Crippen LogP contribution is -2.39. The Morgan fingerprint density at radius 2 is 2.21 bits per heavy atom. The van der Waals surface area contributed by atoms with Crippen molar-refractivity contribution in [1.82, 2.24) is 0 Å². The highest BCUT2D eigenvalue weighted by atomic mass is 16.6. The minimum absolute atomic E-state index is 0.117. The molecule has 0 aromatic rings. The van der Waals surface area contributed by atoms with Gasteiger partial charge in [0.2, 0.25) is 0 Å². The van der Waals surface area contributed by atoms with Crippen LogP contribution in [0.4, 0.5) is 0 Å². The van der Waals surface area contributed by atoms with Crippen LogP contribution in [0.1, 0.15) is 45.4 Å². The predicted octanol–water partition coefficient (Wildman–Crippen LogP) is 1.60. The van der Waals surface area contributed by atoms with Crippen molar-refractivity contribution in [3.05, 3.63) is 0 Å². The second-order valence-corrected chi connectivity index (χ2v) is 4.77. The molecule has 0 spiro atoms. The number of nitrogens with two attached hydrogens (primary N) is 1. The van der Waals surface area contributed by atoms with Gasteiger partial charge in [0.05, 0.1) is 0 Å². The summed E-state index contributed by atoms with van der Waals surface area (Å²) in [6.07, 6.45) is 6.32. The highest BCUT2D eigenvalue weighted by Gasteiger charge is 2.48. The van der Waals surface area contributed by atoms with E-state index in [1.54, 1.807) is 0 Å². The summed E-state index contributed by atoms with van der Waals surface area (Å²) in [5.41, 5.74) is 5.53. The number of fused-ring (bicyclic) bond motifs is 2. The number of hydrogen-bond acceptors (Lipinski definition) is 3. The van der Waals surface area contributed by atoms with E-state index < -0.39 is 6.04 Å². The molecule has 0 saturated heterocycles. The summed E-state index contributed by atoms with van der Waals surface area (Å²) >= 11 is 0. The number of carbonyl (C=O) groups excluding carboxylic acids is 1. The van der Waals surface area contributed by atoms with E-state index in [-0.39, 0.29) is 11.6 Å². The van der Waals surface area contributed by atoms with Crippen LogP contribution < -0.4 is 5.73 Å². The van der Waals surface area contributed by atoms with Crippen molar-refractivity contribution >= 4 is 5.97 Å². The van der Waals surface area contributed by atoms with Crippen molar-refractivity contribution < 1.29 is 9.53 Å². The van der Waals surface area contributed by atoms with Crippen LogP contribution in [0.2, 0.25) is 0 Å². The van der Waals surface area contributed by atoms with Crippen LogP contribution in [-0.4, -0.2) is 17.6 Å². The molecule has 0 aromatic heterocycles. The molecule has 2 bridgehead atoms. The molecular weight excluding hydrogens is 178 g/mol. The minimum Gasteiger partial charge on any atom is -0.458 e. The first-order valence-electron chi connectivity index (χ1n) is 5.64. The molecule has 0 aliphatic heterocycles. The molecule has 2 aliphatic rings. The van der Waals surface area contributed by atoms with E-state index in [0.717, 1.165) is 25.2 Å². The molecule has 3 nitrogen and oxygen atoms in total. The summed E-state index contributed by atoms with van der Waals surface area (Å²) < 4.78 is 5.58. The molecule has 2 aliphatic carbocycles. The van der Waals surface area contributed by atoms with Crippen LogP contribution >= 0.6 is 0 Å². The maximum atomic E-state index is 11.6. The van der Waals surface area contributed by atoms with Gasteiger partial charge in [-0.1, -0.05) is 6.92 Å². The average Bonchev–Trinajstić information content (AvgIpc) is 2.75. The summed E-state index contributed by atoms with van der Waals surface area (Å²) in [7, 11) is 0. The molecule has 1 atom stereocenters. The molecule has 2 saturated carbocycles. The topological polar surface area (TPSA) is 52.3 Å². The predicted molar refractivity (Wildman–Crippen MR) is 53.7 cm³/mol. The van der Waals surface area contributed by atoms with Gasteiger partial charge in [-0.15, -0.1) is 0 Å². The monoisotopic (exact) mass is 197 g/mol. The molecule has 0 radical (unpaired) electrons. The van der Waals surface area contributed by atoms with Crippen LogP contribution in [0.3, 0.4) is 0 Å². The van der Waals surface area contributed by atoms with E-state index in [1.807, 2.05) is 6.92 Å².